The van der Waals surface area contributed by atoms with E-state index in [1.807, 2.05) is 33.3 Å². The second kappa shape index (κ2) is 55.5. The Morgan fingerprint density at radius 2 is 0.842 bits per heavy atom. The van der Waals surface area contributed by atoms with Crippen LogP contribution in [0.4, 0.5) is 0 Å². The fourth-order valence-electron chi connectivity index (χ4n) is 8.72. The molecule has 0 saturated carbocycles. The van der Waals surface area contributed by atoms with Crippen LogP contribution in [0.1, 0.15) is 271 Å². The Morgan fingerprint density at radius 3 is 1.29 bits per heavy atom. The standard InChI is InChI=1S/C66H119N2O7P/c1-7-10-13-16-19-22-25-28-30-31-32-33-34-35-36-37-38-41-44-47-50-53-56-59-66(70)75-64(57-54-51-48-45-42-39-27-24-21-18-15-12-9-3)63(62-74-76(71,72)73-61-60-68(4,5)6)67-65(69)58-55-52-49-46-43-40-29-26-23-20-17-14-11-8-2/h11,14,19-20,22-23,28-30,32-33,40,54,57,63-64H,7-10,12-13,15-18,21,24-27,31,34-39,41-53,55-56,58-62H2,1-6H3,(H-,67,69,71,72)/b14-11+,22-19-,23-20+,30-28-,33-32-,40-29+,57-54-. The van der Waals surface area contributed by atoms with Gasteiger partial charge in [0.25, 0.3) is 7.82 Å². The van der Waals surface area contributed by atoms with Crippen molar-refractivity contribution in [3.05, 3.63) is 85.1 Å². The second-order valence-electron chi connectivity index (χ2n) is 22.2. The number of unbranched alkanes of at least 4 members (excludes halogenated alkanes) is 28. The molecule has 76 heavy (non-hydrogen) atoms. The van der Waals surface area contributed by atoms with Gasteiger partial charge in [-0.15, -0.1) is 0 Å². The van der Waals surface area contributed by atoms with Crippen molar-refractivity contribution in [2.75, 3.05) is 40.9 Å². The van der Waals surface area contributed by atoms with E-state index in [-0.39, 0.29) is 31.3 Å². The zero-order valence-electron chi connectivity index (χ0n) is 50.2. The van der Waals surface area contributed by atoms with E-state index in [0.29, 0.717) is 17.4 Å². The largest absolute Gasteiger partial charge is 0.756 e. The number of nitrogens with one attached hydrogen (secondary N) is 1. The maximum Gasteiger partial charge on any atom is 0.306 e. The van der Waals surface area contributed by atoms with E-state index >= 15 is 0 Å². The van der Waals surface area contributed by atoms with Crippen molar-refractivity contribution in [2.45, 2.75) is 283 Å². The first-order valence-electron chi connectivity index (χ1n) is 31.4. The third-order valence-electron chi connectivity index (χ3n) is 13.6. The van der Waals surface area contributed by atoms with Crippen molar-refractivity contribution in [1.82, 2.24) is 5.32 Å². The number of phosphoric acid groups is 1. The molecule has 0 aromatic carbocycles. The lowest BCUT2D eigenvalue weighted by Crippen LogP contribution is -2.47. The van der Waals surface area contributed by atoms with Gasteiger partial charge in [0.15, 0.2) is 0 Å². The minimum atomic E-state index is -4.71. The minimum absolute atomic E-state index is 0.0306. The summed E-state index contributed by atoms with van der Waals surface area (Å²) in [7, 11) is 1.16. The predicted octanol–water partition coefficient (Wildman–Crippen LogP) is 18.8. The summed E-state index contributed by atoms with van der Waals surface area (Å²) in [6.07, 6.45) is 72.6. The summed E-state index contributed by atoms with van der Waals surface area (Å²) in [5.74, 6) is -0.571. The van der Waals surface area contributed by atoms with Crippen LogP contribution in [-0.4, -0.2) is 69.4 Å². The van der Waals surface area contributed by atoms with Gasteiger partial charge in [0.2, 0.25) is 5.91 Å². The molecule has 10 heteroatoms. The molecule has 0 aliphatic carbocycles. The molecule has 0 aliphatic rings. The van der Waals surface area contributed by atoms with Crippen molar-refractivity contribution in [2.24, 2.45) is 0 Å². The van der Waals surface area contributed by atoms with Crippen molar-refractivity contribution in [3.8, 4) is 0 Å². The van der Waals surface area contributed by atoms with E-state index in [1.165, 1.54) is 122 Å². The Bertz CT molecular complexity index is 1580. The number of hydrogen-bond acceptors (Lipinski definition) is 7. The summed E-state index contributed by atoms with van der Waals surface area (Å²) in [6.45, 7) is 6.69. The zero-order valence-corrected chi connectivity index (χ0v) is 51.1. The molecular formula is C66H119N2O7P. The average Bonchev–Trinajstić information content (AvgIpc) is 3.38. The summed E-state index contributed by atoms with van der Waals surface area (Å²) in [6, 6.07) is -0.905. The van der Waals surface area contributed by atoms with E-state index in [0.717, 1.165) is 109 Å². The molecule has 0 radical (unpaired) electrons. The van der Waals surface area contributed by atoms with Gasteiger partial charge in [-0.25, -0.2) is 0 Å². The lowest BCUT2D eigenvalue weighted by atomic mass is 10.0. The molecule has 1 amide bonds. The highest BCUT2D eigenvalue weighted by atomic mass is 31.2. The van der Waals surface area contributed by atoms with Crippen LogP contribution in [0.5, 0.6) is 0 Å². The average molecular weight is 1080 g/mol. The number of quaternary nitrogens is 1. The van der Waals surface area contributed by atoms with E-state index < -0.39 is 26.6 Å². The Kier molecular flexibility index (Phi) is 53.5. The molecule has 1 N–H and O–H groups in total. The van der Waals surface area contributed by atoms with E-state index in [9.17, 15) is 19.0 Å². The van der Waals surface area contributed by atoms with Crippen LogP contribution in [0.2, 0.25) is 0 Å². The number of carbonyl (C=O) groups is 2. The molecule has 0 aromatic rings. The molecule has 0 heterocycles. The van der Waals surface area contributed by atoms with E-state index in [4.69, 9.17) is 13.8 Å². The van der Waals surface area contributed by atoms with Crippen LogP contribution < -0.4 is 10.2 Å². The van der Waals surface area contributed by atoms with Gasteiger partial charge in [0, 0.05) is 12.8 Å². The fraction of sp³-hybridized carbons (Fsp3) is 0.758. The lowest BCUT2D eigenvalue weighted by Gasteiger charge is -2.30. The monoisotopic (exact) mass is 1080 g/mol. The molecule has 0 aliphatic heterocycles. The van der Waals surface area contributed by atoms with Crippen LogP contribution in [0.25, 0.3) is 0 Å². The first-order valence-corrected chi connectivity index (χ1v) is 32.9. The molecule has 0 fully saturated rings. The quantitative estimate of drug-likeness (QED) is 0.0212. The first-order chi connectivity index (χ1) is 36.9. The van der Waals surface area contributed by atoms with Gasteiger partial charge in [0.05, 0.1) is 33.8 Å². The van der Waals surface area contributed by atoms with Crippen LogP contribution in [0.15, 0.2) is 85.1 Å². The number of likely N-dealkylation sites (N-methyl/N-ethyl adjacent to an activating group) is 1. The maximum absolute atomic E-state index is 13.5. The second-order valence-corrected chi connectivity index (χ2v) is 23.6. The van der Waals surface area contributed by atoms with Crippen molar-refractivity contribution in [1.29, 1.82) is 0 Å². The molecular weight excluding hydrogens is 964 g/mol. The zero-order chi connectivity index (χ0) is 55.7. The molecule has 0 bridgehead atoms. The maximum atomic E-state index is 13.5. The highest BCUT2D eigenvalue weighted by Crippen LogP contribution is 2.38. The van der Waals surface area contributed by atoms with E-state index in [1.54, 1.807) is 0 Å². The molecule has 0 spiro atoms. The molecule has 0 saturated heterocycles. The topological polar surface area (TPSA) is 114 Å². The number of esters is 1. The van der Waals surface area contributed by atoms with Crippen molar-refractivity contribution >= 4 is 19.7 Å². The highest BCUT2D eigenvalue weighted by Gasteiger charge is 2.27. The number of phosphoric ester groups is 1. The van der Waals surface area contributed by atoms with Crippen LogP contribution in [0.3, 0.4) is 0 Å². The third kappa shape index (κ3) is 55.9. The number of nitrogens with zero attached hydrogens (tertiary/aromatic N) is 1. The van der Waals surface area contributed by atoms with Gasteiger partial charge in [-0.05, 0) is 102 Å². The van der Waals surface area contributed by atoms with Crippen LogP contribution in [-0.2, 0) is 27.9 Å². The molecule has 3 unspecified atom stereocenters. The smallest absolute Gasteiger partial charge is 0.306 e. The van der Waals surface area contributed by atoms with Gasteiger partial charge in [-0.2, -0.15) is 0 Å². The van der Waals surface area contributed by atoms with Crippen LogP contribution in [0, 0.1) is 0 Å². The summed E-state index contributed by atoms with van der Waals surface area (Å²) in [5.41, 5.74) is 0. The number of hydrogen-bond donors (Lipinski definition) is 1. The van der Waals surface area contributed by atoms with Crippen LogP contribution >= 0.6 is 7.82 Å². The Balaban J connectivity index is 5.24. The summed E-state index contributed by atoms with van der Waals surface area (Å²) in [5, 5.41) is 3.01. The molecule has 0 rings (SSSR count). The van der Waals surface area contributed by atoms with E-state index in [2.05, 4.69) is 99.0 Å². The Hall–Kier alpha value is -2.81. The van der Waals surface area contributed by atoms with Gasteiger partial charge in [-0.3, -0.25) is 14.2 Å². The van der Waals surface area contributed by atoms with Gasteiger partial charge in [0.1, 0.15) is 19.3 Å². The number of allylic oxidation sites excluding steroid dienone is 13. The molecule has 0 aromatic heterocycles. The number of carbonyl (C=O) groups excluding carboxylic acids is 2. The number of ether oxygens (including phenoxy) is 1. The Morgan fingerprint density at radius 1 is 0.474 bits per heavy atom. The highest BCUT2D eigenvalue weighted by molar-refractivity contribution is 7.45. The van der Waals surface area contributed by atoms with Gasteiger partial charge < -0.3 is 28.5 Å². The van der Waals surface area contributed by atoms with Crippen molar-refractivity contribution in [3.63, 3.8) is 0 Å². The molecule has 9 nitrogen and oxygen atoms in total. The number of rotatable bonds is 56. The molecule has 3 atom stereocenters. The predicted molar refractivity (Wildman–Crippen MR) is 325 cm³/mol. The first kappa shape index (κ1) is 73.2. The van der Waals surface area contributed by atoms with Gasteiger partial charge >= 0.3 is 5.97 Å². The van der Waals surface area contributed by atoms with Crippen molar-refractivity contribution < 1.29 is 37.3 Å². The minimum Gasteiger partial charge on any atom is -0.756 e. The molecule has 440 valence electrons. The third-order valence-corrected chi connectivity index (χ3v) is 14.5. The Labute approximate surface area is 469 Å². The fourth-order valence-corrected chi connectivity index (χ4v) is 9.44. The normalized spacial score (nSPS) is 14.2. The lowest BCUT2D eigenvalue weighted by molar-refractivity contribution is -0.870. The number of amides is 1. The summed E-state index contributed by atoms with van der Waals surface area (Å²) in [4.78, 5) is 40.0. The van der Waals surface area contributed by atoms with Gasteiger partial charge in [-0.1, -0.05) is 241 Å². The SMILES string of the molecule is CC/C=C/C/C=C/C/C=C/CCCCCCC(=O)NC(COP(=O)([O-])OCC[N+](C)(C)C)C(/C=C\CCCCCCCCCCCCC)OC(=O)CCCCCCCCCCCC/C=C\C/C=C\C/C=C\CCCCC. The summed E-state index contributed by atoms with van der Waals surface area (Å²) < 4.78 is 30.3. The summed E-state index contributed by atoms with van der Waals surface area (Å²) >= 11 is 0.